The molecule has 0 spiro atoms. The summed E-state index contributed by atoms with van der Waals surface area (Å²) in [4.78, 5) is 26.0. The molecule has 1 fully saturated rings. The first-order valence-electron chi connectivity index (χ1n) is 11.3. The van der Waals surface area contributed by atoms with E-state index >= 15 is 0 Å². The fourth-order valence-electron chi connectivity index (χ4n) is 4.22. The maximum absolute atomic E-state index is 12.3. The van der Waals surface area contributed by atoms with Crippen LogP contribution in [0.3, 0.4) is 0 Å². The number of nitrogens with one attached hydrogen (secondary N) is 1. The minimum Gasteiger partial charge on any atom is -0.356 e. The summed E-state index contributed by atoms with van der Waals surface area (Å²) in [5.41, 5.74) is 3.31. The van der Waals surface area contributed by atoms with Gasteiger partial charge in [0, 0.05) is 42.5 Å². The predicted molar refractivity (Wildman–Crippen MR) is 122 cm³/mol. The van der Waals surface area contributed by atoms with Crippen LogP contribution in [0.15, 0.2) is 41.3 Å². The van der Waals surface area contributed by atoms with Crippen molar-refractivity contribution in [2.75, 3.05) is 6.54 Å². The molecule has 1 N–H and O–H groups in total. The second-order valence-electron chi connectivity index (χ2n) is 9.74. The Morgan fingerprint density at radius 3 is 2.59 bits per heavy atom. The van der Waals surface area contributed by atoms with Crippen LogP contribution in [0, 0.1) is 12.8 Å². The molecular weight excluding hydrogens is 402 g/mol. The van der Waals surface area contributed by atoms with Crippen molar-refractivity contribution in [2.45, 2.75) is 64.7 Å². The number of carbonyl (C=O) groups is 1. The lowest BCUT2D eigenvalue weighted by molar-refractivity contribution is 0.0942. The molecule has 0 aromatic carbocycles. The third-order valence-corrected chi connectivity index (χ3v) is 6.09. The SMILES string of the molecule is Cc1cc(-c2cnc(C(C)(C)C)nc2C2CCC(CNC(=O)c3cccnc3)CC2)on1. The smallest absolute Gasteiger partial charge is 0.252 e. The van der Waals surface area contributed by atoms with Crippen molar-refractivity contribution in [1.29, 1.82) is 0 Å². The van der Waals surface area contributed by atoms with Crippen LogP contribution < -0.4 is 5.32 Å². The van der Waals surface area contributed by atoms with E-state index in [9.17, 15) is 4.79 Å². The van der Waals surface area contributed by atoms with Crippen molar-refractivity contribution >= 4 is 5.91 Å². The van der Waals surface area contributed by atoms with Gasteiger partial charge in [-0.3, -0.25) is 9.78 Å². The summed E-state index contributed by atoms with van der Waals surface area (Å²) < 4.78 is 5.55. The lowest BCUT2D eigenvalue weighted by Crippen LogP contribution is -2.31. The molecule has 1 saturated carbocycles. The highest BCUT2D eigenvalue weighted by atomic mass is 16.5. The van der Waals surface area contributed by atoms with Crippen LogP contribution in [-0.4, -0.2) is 32.6 Å². The van der Waals surface area contributed by atoms with Crippen molar-refractivity contribution < 1.29 is 9.32 Å². The summed E-state index contributed by atoms with van der Waals surface area (Å²) >= 11 is 0. The Labute approximate surface area is 189 Å². The molecule has 0 bridgehead atoms. The van der Waals surface area contributed by atoms with Gasteiger partial charge in [0.1, 0.15) is 5.82 Å². The van der Waals surface area contributed by atoms with Crippen LogP contribution in [0.25, 0.3) is 11.3 Å². The van der Waals surface area contributed by atoms with E-state index in [4.69, 9.17) is 9.51 Å². The minimum absolute atomic E-state index is 0.0613. The maximum Gasteiger partial charge on any atom is 0.252 e. The molecular formula is C25H31N5O2. The fraction of sp³-hybridized carbons (Fsp3) is 0.480. The normalized spacial score (nSPS) is 19.0. The summed E-state index contributed by atoms with van der Waals surface area (Å²) in [6.07, 6.45) is 9.29. The predicted octanol–water partition coefficient (Wildman–Crippen LogP) is 4.84. The van der Waals surface area contributed by atoms with Gasteiger partial charge in [-0.15, -0.1) is 0 Å². The second-order valence-corrected chi connectivity index (χ2v) is 9.74. The highest BCUT2D eigenvalue weighted by molar-refractivity contribution is 5.93. The third-order valence-electron chi connectivity index (χ3n) is 6.09. The summed E-state index contributed by atoms with van der Waals surface area (Å²) in [7, 11) is 0. The Balaban J connectivity index is 1.45. The zero-order valence-corrected chi connectivity index (χ0v) is 19.3. The number of amides is 1. The van der Waals surface area contributed by atoms with Gasteiger partial charge in [0.2, 0.25) is 0 Å². The molecule has 7 heteroatoms. The summed E-state index contributed by atoms with van der Waals surface area (Å²) in [6.45, 7) is 9.00. The third kappa shape index (κ3) is 5.03. The molecule has 4 rings (SSSR count). The Kier molecular flexibility index (Phi) is 6.35. The molecule has 3 aromatic rings. The molecule has 0 unspecified atom stereocenters. The Hall–Kier alpha value is -3.09. The molecule has 168 valence electrons. The van der Waals surface area contributed by atoms with Gasteiger partial charge in [-0.05, 0) is 50.7 Å². The summed E-state index contributed by atoms with van der Waals surface area (Å²) in [5.74, 6) is 2.31. The van der Waals surface area contributed by atoms with E-state index in [1.165, 1.54) is 0 Å². The first kappa shape index (κ1) is 22.1. The van der Waals surface area contributed by atoms with Gasteiger partial charge >= 0.3 is 0 Å². The average molecular weight is 434 g/mol. The van der Waals surface area contributed by atoms with Gasteiger partial charge in [0.15, 0.2) is 5.76 Å². The van der Waals surface area contributed by atoms with Gasteiger partial charge in [-0.1, -0.05) is 25.9 Å². The maximum atomic E-state index is 12.3. The van der Waals surface area contributed by atoms with Crippen LogP contribution in [0.1, 0.15) is 79.9 Å². The van der Waals surface area contributed by atoms with Crippen molar-refractivity contribution in [3.8, 4) is 11.3 Å². The fourth-order valence-corrected chi connectivity index (χ4v) is 4.22. The van der Waals surface area contributed by atoms with Crippen LogP contribution >= 0.6 is 0 Å². The van der Waals surface area contributed by atoms with E-state index in [1.54, 1.807) is 24.5 Å². The number of pyridine rings is 1. The molecule has 1 aliphatic rings. The number of carbonyl (C=O) groups excluding carboxylic acids is 1. The van der Waals surface area contributed by atoms with Crippen LogP contribution in [0.2, 0.25) is 0 Å². The molecule has 1 aliphatic carbocycles. The largest absolute Gasteiger partial charge is 0.356 e. The molecule has 7 nitrogen and oxygen atoms in total. The average Bonchev–Trinajstić information content (AvgIpc) is 3.23. The van der Waals surface area contributed by atoms with E-state index in [0.29, 0.717) is 23.9 Å². The van der Waals surface area contributed by atoms with E-state index in [0.717, 1.165) is 54.2 Å². The molecule has 0 atom stereocenters. The molecule has 1 amide bonds. The topological polar surface area (TPSA) is 93.8 Å². The van der Waals surface area contributed by atoms with Crippen molar-refractivity contribution in [1.82, 2.24) is 25.4 Å². The lowest BCUT2D eigenvalue weighted by Gasteiger charge is -2.30. The highest BCUT2D eigenvalue weighted by Gasteiger charge is 2.29. The van der Waals surface area contributed by atoms with Gasteiger partial charge in [-0.2, -0.15) is 0 Å². The second kappa shape index (κ2) is 9.18. The van der Waals surface area contributed by atoms with Crippen LogP contribution in [-0.2, 0) is 5.41 Å². The Morgan fingerprint density at radius 1 is 1.19 bits per heavy atom. The Morgan fingerprint density at radius 2 is 1.97 bits per heavy atom. The van der Waals surface area contributed by atoms with Gasteiger partial charge < -0.3 is 9.84 Å². The van der Waals surface area contributed by atoms with Gasteiger partial charge in [0.25, 0.3) is 5.91 Å². The Bertz CT molecular complexity index is 1060. The molecule has 0 aliphatic heterocycles. The molecule has 32 heavy (non-hydrogen) atoms. The van der Waals surface area contributed by atoms with E-state index in [-0.39, 0.29) is 11.3 Å². The number of rotatable bonds is 5. The summed E-state index contributed by atoms with van der Waals surface area (Å²) in [5, 5.41) is 7.12. The molecule has 0 saturated heterocycles. The van der Waals surface area contributed by atoms with Gasteiger partial charge in [0.05, 0.1) is 22.5 Å². The first-order valence-corrected chi connectivity index (χ1v) is 11.3. The van der Waals surface area contributed by atoms with Crippen molar-refractivity contribution in [3.63, 3.8) is 0 Å². The number of hydrogen-bond acceptors (Lipinski definition) is 6. The number of hydrogen-bond donors (Lipinski definition) is 1. The molecule has 0 radical (unpaired) electrons. The number of aromatic nitrogens is 4. The summed E-state index contributed by atoms with van der Waals surface area (Å²) in [6, 6.07) is 5.51. The van der Waals surface area contributed by atoms with E-state index < -0.39 is 0 Å². The number of nitrogens with zero attached hydrogens (tertiary/aromatic N) is 4. The zero-order chi connectivity index (χ0) is 22.7. The highest BCUT2D eigenvalue weighted by Crippen LogP contribution is 2.39. The number of aryl methyl sites for hydroxylation is 1. The van der Waals surface area contributed by atoms with Crippen LogP contribution in [0.4, 0.5) is 0 Å². The zero-order valence-electron chi connectivity index (χ0n) is 19.3. The van der Waals surface area contributed by atoms with E-state index in [2.05, 4.69) is 41.2 Å². The van der Waals surface area contributed by atoms with Crippen molar-refractivity contribution in [2.24, 2.45) is 5.92 Å². The monoisotopic (exact) mass is 433 g/mol. The first-order chi connectivity index (χ1) is 15.3. The standard InChI is InChI=1S/C25H31N5O2/c1-16-12-21(32-30-16)20-15-28-24(25(2,3)4)29-22(20)18-9-7-17(8-10-18)13-27-23(31)19-6-5-11-26-14-19/h5-6,11-12,14-15,17-18H,7-10,13H2,1-4H3,(H,27,31). The van der Waals surface area contributed by atoms with Gasteiger partial charge in [-0.25, -0.2) is 9.97 Å². The van der Waals surface area contributed by atoms with E-state index in [1.807, 2.05) is 19.2 Å². The molecule has 3 heterocycles. The lowest BCUT2D eigenvalue weighted by atomic mass is 9.79. The minimum atomic E-state index is -0.127. The van der Waals surface area contributed by atoms with Crippen molar-refractivity contribution in [3.05, 3.63) is 59.6 Å². The van der Waals surface area contributed by atoms with Crippen LogP contribution in [0.5, 0.6) is 0 Å². The quantitative estimate of drug-likeness (QED) is 0.619. The molecule has 3 aromatic heterocycles.